The number of hydrogen-bond acceptors (Lipinski definition) is 5. The van der Waals surface area contributed by atoms with Gasteiger partial charge in [-0.25, -0.2) is 12.8 Å². The lowest BCUT2D eigenvalue weighted by atomic mass is 10.2. The van der Waals surface area contributed by atoms with Crippen LogP contribution >= 0.6 is 0 Å². The lowest BCUT2D eigenvalue weighted by Gasteiger charge is -2.37. The van der Waals surface area contributed by atoms with Crippen molar-refractivity contribution in [2.75, 3.05) is 13.1 Å². The number of hydrogen-bond donors (Lipinski definition) is 0. The van der Waals surface area contributed by atoms with Gasteiger partial charge < -0.3 is 9.42 Å². The fourth-order valence-electron chi connectivity index (χ4n) is 2.10. The van der Waals surface area contributed by atoms with Crippen LogP contribution in [0.4, 0.5) is 4.39 Å². The quantitative estimate of drug-likeness (QED) is 0.793. The third-order valence-electron chi connectivity index (χ3n) is 3.36. The number of aromatic nitrogens is 1. The van der Waals surface area contributed by atoms with Crippen molar-refractivity contribution in [1.29, 1.82) is 0 Å². The van der Waals surface area contributed by atoms with E-state index in [2.05, 4.69) is 5.16 Å². The van der Waals surface area contributed by atoms with E-state index in [9.17, 15) is 17.6 Å². The average molecular weight is 310 g/mol. The van der Waals surface area contributed by atoms with Crippen LogP contribution in [0.3, 0.4) is 0 Å². The van der Waals surface area contributed by atoms with E-state index in [0.717, 1.165) is 12.1 Å². The highest BCUT2D eigenvalue weighted by Crippen LogP contribution is 2.25. The maximum atomic E-state index is 12.8. The van der Waals surface area contributed by atoms with Crippen LogP contribution in [-0.4, -0.2) is 42.7 Å². The zero-order valence-electron chi connectivity index (χ0n) is 10.8. The smallest absolute Gasteiger partial charge is 0.292 e. The Morgan fingerprint density at radius 3 is 2.48 bits per heavy atom. The summed E-state index contributed by atoms with van der Waals surface area (Å²) in [5.41, 5.74) is 0. The van der Waals surface area contributed by atoms with Gasteiger partial charge in [0.2, 0.25) is 5.76 Å². The summed E-state index contributed by atoms with van der Waals surface area (Å²) in [5.74, 6) is -0.810. The van der Waals surface area contributed by atoms with E-state index in [0.29, 0.717) is 0 Å². The molecule has 1 aromatic carbocycles. The number of amides is 1. The fraction of sp³-hybridized carbons (Fsp3) is 0.231. The highest BCUT2D eigenvalue weighted by Gasteiger charge is 2.41. The van der Waals surface area contributed by atoms with Crippen LogP contribution in [0, 0.1) is 5.82 Å². The summed E-state index contributed by atoms with van der Waals surface area (Å²) < 4.78 is 42.1. The Balaban J connectivity index is 1.71. The van der Waals surface area contributed by atoms with Crippen molar-refractivity contribution < 1.29 is 22.1 Å². The molecule has 2 aromatic rings. The minimum absolute atomic E-state index is 0.0562. The molecule has 8 heteroatoms. The van der Waals surface area contributed by atoms with Crippen LogP contribution in [0.25, 0.3) is 0 Å². The molecule has 0 saturated carbocycles. The van der Waals surface area contributed by atoms with Crippen molar-refractivity contribution in [3.63, 3.8) is 0 Å². The molecule has 0 spiro atoms. The Hall–Kier alpha value is -2.22. The second-order valence-corrected chi connectivity index (χ2v) is 6.94. The van der Waals surface area contributed by atoms with Gasteiger partial charge in [-0.3, -0.25) is 4.79 Å². The van der Waals surface area contributed by atoms with Gasteiger partial charge in [0, 0.05) is 19.2 Å². The van der Waals surface area contributed by atoms with Gasteiger partial charge in [-0.2, -0.15) is 0 Å². The third-order valence-corrected chi connectivity index (χ3v) is 5.47. The summed E-state index contributed by atoms with van der Waals surface area (Å²) in [6.07, 6.45) is 1.35. The fourth-order valence-corrected chi connectivity index (χ4v) is 3.75. The second kappa shape index (κ2) is 4.96. The number of sulfone groups is 1. The molecule has 1 aliphatic heterocycles. The summed E-state index contributed by atoms with van der Waals surface area (Å²) in [5, 5.41) is 2.75. The van der Waals surface area contributed by atoms with Crippen molar-refractivity contribution in [2.24, 2.45) is 0 Å². The minimum Gasteiger partial charge on any atom is -0.351 e. The number of rotatable bonds is 3. The summed E-state index contributed by atoms with van der Waals surface area (Å²) in [6, 6.07) is 6.08. The molecule has 0 N–H and O–H groups in total. The van der Waals surface area contributed by atoms with Crippen molar-refractivity contribution in [3.8, 4) is 0 Å². The number of benzene rings is 1. The Morgan fingerprint density at radius 2 is 1.90 bits per heavy atom. The van der Waals surface area contributed by atoms with Crippen LogP contribution in [0.1, 0.15) is 10.6 Å². The molecule has 1 fully saturated rings. The second-order valence-electron chi connectivity index (χ2n) is 4.71. The number of carbonyl (C=O) groups excluding carboxylic acids is 1. The average Bonchev–Trinajstić information content (AvgIpc) is 2.90. The lowest BCUT2D eigenvalue weighted by Crippen LogP contribution is -2.56. The number of likely N-dealkylation sites (tertiary alicyclic amines) is 1. The highest BCUT2D eigenvalue weighted by atomic mass is 32.2. The van der Waals surface area contributed by atoms with Crippen molar-refractivity contribution >= 4 is 15.7 Å². The molecule has 0 atom stereocenters. The molecule has 2 heterocycles. The number of carbonyl (C=O) groups is 1. The number of halogens is 1. The van der Waals surface area contributed by atoms with E-state index in [1.807, 2.05) is 0 Å². The first-order valence-corrected chi connectivity index (χ1v) is 7.72. The Bertz CT molecular complexity index is 750. The molecule has 1 aliphatic rings. The van der Waals surface area contributed by atoms with Gasteiger partial charge >= 0.3 is 0 Å². The molecule has 1 saturated heterocycles. The predicted octanol–water partition coefficient (Wildman–Crippen LogP) is 1.11. The molecule has 0 unspecified atom stereocenters. The van der Waals surface area contributed by atoms with Gasteiger partial charge in [0.1, 0.15) is 11.1 Å². The standard InChI is InChI=1S/C13H11FN2O4S/c14-9-1-3-10(4-2-9)21(18,19)11-7-16(8-11)13(17)12-5-6-15-20-12/h1-6,11H,7-8H2. The van der Waals surface area contributed by atoms with Gasteiger partial charge in [0.15, 0.2) is 9.84 Å². The van der Waals surface area contributed by atoms with Gasteiger partial charge in [0.05, 0.1) is 11.1 Å². The maximum absolute atomic E-state index is 12.8. The SMILES string of the molecule is O=C(c1ccno1)N1CC(S(=O)(=O)c2ccc(F)cc2)C1. The molecule has 21 heavy (non-hydrogen) atoms. The Labute approximate surface area is 120 Å². The van der Waals surface area contributed by atoms with Crippen LogP contribution in [0.15, 0.2) is 45.9 Å². The van der Waals surface area contributed by atoms with Gasteiger partial charge in [-0.15, -0.1) is 0 Å². The summed E-state index contributed by atoms with van der Waals surface area (Å²) in [4.78, 5) is 13.3. The molecular formula is C13H11FN2O4S. The Kier molecular flexibility index (Phi) is 3.25. The largest absolute Gasteiger partial charge is 0.351 e. The number of nitrogens with zero attached hydrogens (tertiary/aromatic N) is 2. The van der Waals surface area contributed by atoms with E-state index < -0.39 is 26.8 Å². The zero-order valence-corrected chi connectivity index (χ0v) is 11.6. The van der Waals surface area contributed by atoms with Crippen LogP contribution in [0.2, 0.25) is 0 Å². The van der Waals surface area contributed by atoms with Crippen LogP contribution in [-0.2, 0) is 9.84 Å². The molecule has 1 amide bonds. The van der Waals surface area contributed by atoms with E-state index >= 15 is 0 Å². The molecule has 6 nitrogen and oxygen atoms in total. The molecule has 0 bridgehead atoms. The first kappa shape index (κ1) is 13.7. The zero-order chi connectivity index (χ0) is 15.0. The van der Waals surface area contributed by atoms with Crippen molar-refractivity contribution in [3.05, 3.63) is 48.1 Å². The van der Waals surface area contributed by atoms with Crippen LogP contribution in [0.5, 0.6) is 0 Å². The van der Waals surface area contributed by atoms with E-state index in [1.165, 1.54) is 29.3 Å². The summed E-state index contributed by atoms with van der Waals surface area (Å²) in [6.45, 7) is 0.165. The normalized spacial score (nSPS) is 15.8. The van der Waals surface area contributed by atoms with E-state index in [1.54, 1.807) is 0 Å². The molecule has 0 radical (unpaired) electrons. The molecule has 3 rings (SSSR count). The molecule has 1 aromatic heterocycles. The molecule has 0 aliphatic carbocycles. The van der Waals surface area contributed by atoms with E-state index in [-0.39, 0.29) is 23.7 Å². The summed E-state index contributed by atoms with van der Waals surface area (Å²) >= 11 is 0. The van der Waals surface area contributed by atoms with Gasteiger partial charge in [-0.05, 0) is 24.3 Å². The first-order valence-electron chi connectivity index (χ1n) is 6.18. The van der Waals surface area contributed by atoms with Gasteiger partial charge in [0.25, 0.3) is 5.91 Å². The monoisotopic (exact) mass is 310 g/mol. The van der Waals surface area contributed by atoms with Crippen LogP contribution < -0.4 is 0 Å². The Morgan fingerprint density at radius 1 is 1.24 bits per heavy atom. The maximum Gasteiger partial charge on any atom is 0.292 e. The highest BCUT2D eigenvalue weighted by molar-refractivity contribution is 7.92. The topological polar surface area (TPSA) is 80.5 Å². The molecular weight excluding hydrogens is 299 g/mol. The third kappa shape index (κ3) is 2.42. The van der Waals surface area contributed by atoms with Crippen molar-refractivity contribution in [2.45, 2.75) is 10.1 Å². The predicted molar refractivity (Wildman–Crippen MR) is 69.8 cm³/mol. The summed E-state index contributed by atoms with van der Waals surface area (Å²) in [7, 11) is -3.56. The van der Waals surface area contributed by atoms with E-state index in [4.69, 9.17) is 4.52 Å². The van der Waals surface area contributed by atoms with Gasteiger partial charge in [-0.1, -0.05) is 5.16 Å². The minimum atomic E-state index is -3.56. The molecule has 110 valence electrons. The lowest BCUT2D eigenvalue weighted by molar-refractivity contribution is 0.0616. The van der Waals surface area contributed by atoms with Crippen molar-refractivity contribution in [1.82, 2.24) is 10.1 Å². The first-order chi connectivity index (χ1) is 9.98.